The average Bonchev–Trinajstić information content (AvgIpc) is 2.94. The van der Waals surface area contributed by atoms with Gasteiger partial charge >= 0.3 is 0 Å². The molecule has 0 spiro atoms. The van der Waals surface area contributed by atoms with Crippen LogP contribution in [0.1, 0.15) is 51.5 Å². The third-order valence-corrected chi connectivity index (χ3v) is 4.32. The molecule has 1 aromatic rings. The molecule has 1 aliphatic rings. The van der Waals surface area contributed by atoms with Crippen LogP contribution in [0.25, 0.3) is 0 Å². The summed E-state index contributed by atoms with van der Waals surface area (Å²) in [5.74, 6) is 1.56. The second-order valence-corrected chi connectivity index (χ2v) is 6.53. The Hall–Kier alpha value is -0.800. The highest BCUT2D eigenvalue weighted by molar-refractivity contribution is 6.33. The normalized spacial score (nSPS) is 16.1. The number of hydrogen-bond donors (Lipinski definition) is 1. The van der Waals surface area contributed by atoms with Crippen LogP contribution >= 0.6 is 11.6 Å². The lowest BCUT2D eigenvalue weighted by Crippen LogP contribution is -2.35. The Balaban J connectivity index is 2.20. The van der Waals surface area contributed by atoms with Gasteiger partial charge in [0.25, 0.3) is 0 Å². The van der Waals surface area contributed by atoms with Crippen LogP contribution in [0.3, 0.4) is 0 Å². The zero-order valence-corrected chi connectivity index (χ0v) is 13.2. The molecule has 1 N–H and O–H groups in total. The predicted molar refractivity (Wildman–Crippen MR) is 84.2 cm³/mol. The Kier molecular flexibility index (Phi) is 5.67. The van der Waals surface area contributed by atoms with E-state index in [0.717, 1.165) is 24.3 Å². The van der Waals surface area contributed by atoms with Gasteiger partial charge in [-0.3, -0.25) is 0 Å². The van der Waals surface area contributed by atoms with Gasteiger partial charge in [-0.25, -0.2) is 4.98 Å². The number of hydrogen-bond acceptors (Lipinski definition) is 3. The molecule has 1 heterocycles. The first kappa shape index (κ1) is 15.6. The van der Waals surface area contributed by atoms with Crippen molar-refractivity contribution in [3.63, 3.8) is 0 Å². The molecule has 1 fully saturated rings. The van der Waals surface area contributed by atoms with Crippen LogP contribution in [0.5, 0.6) is 0 Å². The molecule has 0 bridgehead atoms. The van der Waals surface area contributed by atoms with Crippen LogP contribution in [0, 0.1) is 5.92 Å². The Labute approximate surface area is 127 Å². The number of anilines is 1. The Morgan fingerprint density at radius 3 is 2.65 bits per heavy atom. The standard InChI is InChI=1S/C16H25ClN2O/c1-12(2)7-8-19(14-5-3-4-6-14)16-15(17)9-13(11-20)10-18-16/h9-10,12,14,20H,3-8,11H2,1-2H3. The van der Waals surface area contributed by atoms with Crippen LogP contribution in [-0.2, 0) is 6.61 Å². The first-order valence-electron chi connectivity index (χ1n) is 7.63. The highest BCUT2D eigenvalue weighted by Crippen LogP contribution is 2.32. The van der Waals surface area contributed by atoms with Crippen molar-refractivity contribution in [3.8, 4) is 0 Å². The largest absolute Gasteiger partial charge is 0.392 e. The summed E-state index contributed by atoms with van der Waals surface area (Å²) in [4.78, 5) is 6.89. The van der Waals surface area contributed by atoms with E-state index in [2.05, 4.69) is 23.7 Å². The molecule has 0 amide bonds. The number of halogens is 1. The van der Waals surface area contributed by atoms with Crippen LogP contribution < -0.4 is 4.90 Å². The molecule has 1 aliphatic carbocycles. The third-order valence-electron chi connectivity index (χ3n) is 4.05. The van der Waals surface area contributed by atoms with Gasteiger partial charge < -0.3 is 10.0 Å². The Bertz CT molecular complexity index is 430. The van der Waals surface area contributed by atoms with Crippen molar-refractivity contribution in [2.45, 2.75) is 58.6 Å². The van der Waals surface area contributed by atoms with Gasteiger partial charge in [-0.05, 0) is 36.8 Å². The zero-order chi connectivity index (χ0) is 14.5. The van der Waals surface area contributed by atoms with Crippen molar-refractivity contribution >= 4 is 17.4 Å². The fraction of sp³-hybridized carbons (Fsp3) is 0.688. The van der Waals surface area contributed by atoms with Gasteiger partial charge in [-0.2, -0.15) is 0 Å². The van der Waals surface area contributed by atoms with Crippen molar-refractivity contribution < 1.29 is 5.11 Å². The first-order valence-corrected chi connectivity index (χ1v) is 8.01. The maximum Gasteiger partial charge on any atom is 0.147 e. The minimum atomic E-state index is -0.0115. The molecule has 0 aliphatic heterocycles. The zero-order valence-electron chi connectivity index (χ0n) is 12.5. The molecule has 4 heteroatoms. The smallest absolute Gasteiger partial charge is 0.147 e. The van der Waals surface area contributed by atoms with Gasteiger partial charge in [0.2, 0.25) is 0 Å². The van der Waals surface area contributed by atoms with Crippen LogP contribution in [0.4, 0.5) is 5.82 Å². The summed E-state index contributed by atoms with van der Waals surface area (Å²) in [7, 11) is 0. The predicted octanol–water partition coefficient (Wildman–Crippen LogP) is 4.02. The highest BCUT2D eigenvalue weighted by Gasteiger charge is 2.25. The van der Waals surface area contributed by atoms with Gasteiger partial charge in [0, 0.05) is 18.8 Å². The average molecular weight is 297 g/mol. The van der Waals surface area contributed by atoms with Crippen LogP contribution in [0.2, 0.25) is 5.02 Å². The summed E-state index contributed by atoms with van der Waals surface area (Å²) in [5.41, 5.74) is 0.772. The van der Waals surface area contributed by atoms with E-state index in [-0.39, 0.29) is 6.61 Å². The second kappa shape index (κ2) is 7.28. The van der Waals surface area contributed by atoms with E-state index in [4.69, 9.17) is 16.7 Å². The maximum absolute atomic E-state index is 9.17. The van der Waals surface area contributed by atoms with Crippen LogP contribution in [-0.4, -0.2) is 22.7 Å². The molecular weight excluding hydrogens is 272 g/mol. The van der Waals surface area contributed by atoms with E-state index >= 15 is 0 Å². The molecular formula is C16H25ClN2O. The first-order chi connectivity index (χ1) is 9.61. The molecule has 0 radical (unpaired) electrons. The van der Waals surface area contributed by atoms with E-state index in [1.54, 1.807) is 6.20 Å². The molecule has 3 nitrogen and oxygen atoms in total. The fourth-order valence-electron chi connectivity index (χ4n) is 2.84. The summed E-state index contributed by atoms with van der Waals surface area (Å²) in [6.07, 6.45) is 7.95. The van der Waals surface area contributed by atoms with E-state index in [0.29, 0.717) is 17.0 Å². The molecule has 1 saturated carbocycles. The van der Waals surface area contributed by atoms with Crippen molar-refractivity contribution in [2.75, 3.05) is 11.4 Å². The second-order valence-electron chi connectivity index (χ2n) is 6.12. The lowest BCUT2D eigenvalue weighted by Gasteiger charge is -2.31. The molecule has 0 aromatic carbocycles. The van der Waals surface area contributed by atoms with Gasteiger partial charge in [0.1, 0.15) is 5.82 Å². The number of pyridine rings is 1. The highest BCUT2D eigenvalue weighted by atomic mass is 35.5. The van der Waals surface area contributed by atoms with E-state index in [1.807, 2.05) is 6.07 Å². The number of aliphatic hydroxyl groups is 1. The number of aliphatic hydroxyl groups excluding tert-OH is 1. The maximum atomic E-state index is 9.17. The van der Waals surface area contributed by atoms with E-state index in [9.17, 15) is 0 Å². The SMILES string of the molecule is CC(C)CCN(c1ncc(CO)cc1Cl)C1CCCC1. The van der Waals surface area contributed by atoms with Crippen LogP contribution in [0.15, 0.2) is 12.3 Å². The molecule has 1 aromatic heterocycles. The lowest BCUT2D eigenvalue weighted by atomic mass is 10.1. The van der Waals surface area contributed by atoms with Crippen molar-refractivity contribution in [2.24, 2.45) is 5.92 Å². The molecule has 0 saturated heterocycles. The van der Waals surface area contributed by atoms with Gasteiger partial charge in [-0.15, -0.1) is 0 Å². The van der Waals surface area contributed by atoms with Crippen molar-refractivity contribution in [1.82, 2.24) is 4.98 Å². The molecule has 0 atom stereocenters. The Morgan fingerprint density at radius 1 is 1.40 bits per heavy atom. The van der Waals surface area contributed by atoms with E-state index < -0.39 is 0 Å². The number of rotatable bonds is 6. The van der Waals surface area contributed by atoms with Gasteiger partial charge in [0.15, 0.2) is 0 Å². The van der Waals surface area contributed by atoms with Gasteiger partial charge in [0.05, 0.1) is 11.6 Å². The van der Waals surface area contributed by atoms with Crippen molar-refractivity contribution in [3.05, 3.63) is 22.8 Å². The molecule has 2 rings (SSSR count). The topological polar surface area (TPSA) is 36.4 Å². The summed E-state index contributed by atoms with van der Waals surface area (Å²) in [5, 5.41) is 9.83. The van der Waals surface area contributed by atoms with Gasteiger partial charge in [-0.1, -0.05) is 38.3 Å². The fourth-order valence-corrected chi connectivity index (χ4v) is 3.14. The summed E-state index contributed by atoms with van der Waals surface area (Å²) < 4.78 is 0. The summed E-state index contributed by atoms with van der Waals surface area (Å²) in [6.45, 7) is 5.49. The molecule has 112 valence electrons. The number of nitrogens with zero attached hydrogens (tertiary/aromatic N) is 2. The monoisotopic (exact) mass is 296 g/mol. The lowest BCUT2D eigenvalue weighted by molar-refractivity contribution is 0.281. The van der Waals surface area contributed by atoms with E-state index in [1.165, 1.54) is 25.7 Å². The minimum Gasteiger partial charge on any atom is -0.392 e. The molecule has 20 heavy (non-hydrogen) atoms. The molecule has 0 unspecified atom stereocenters. The Morgan fingerprint density at radius 2 is 2.10 bits per heavy atom. The minimum absolute atomic E-state index is 0.0115. The summed E-state index contributed by atoms with van der Waals surface area (Å²) in [6, 6.07) is 2.40. The number of aromatic nitrogens is 1. The summed E-state index contributed by atoms with van der Waals surface area (Å²) >= 11 is 6.38. The van der Waals surface area contributed by atoms with Crippen molar-refractivity contribution in [1.29, 1.82) is 0 Å². The third kappa shape index (κ3) is 3.86. The quantitative estimate of drug-likeness (QED) is 0.861.